The zero-order valence-electron chi connectivity index (χ0n) is 22.8. The van der Waals surface area contributed by atoms with E-state index in [0.29, 0.717) is 18.8 Å². The van der Waals surface area contributed by atoms with E-state index in [4.69, 9.17) is 9.72 Å². The highest BCUT2D eigenvalue weighted by Gasteiger charge is 2.36. The fourth-order valence-electron chi connectivity index (χ4n) is 5.08. The van der Waals surface area contributed by atoms with Gasteiger partial charge in [0.15, 0.2) is 0 Å². The number of carbonyl (C=O) groups excluding carboxylic acids is 2. The number of amides is 1. The number of Topliss-reactive ketones (excluding diaryl/α,β-unsaturated/α-hetero) is 1. The largest absolute Gasteiger partial charge is 0.493 e. The van der Waals surface area contributed by atoms with Crippen LogP contribution in [0.15, 0.2) is 72.0 Å². The molecular formula is C33H40N2O3. The lowest BCUT2D eigenvalue weighted by molar-refractivity contribution is -0.128. The molecule has 1 aromatic carbocycles. The first kappa shape index (κ1) is 27.6. The molecular weight excluding hydrogens is 472 g/mol. The molecule has 1 aliphatic carbocycles. The normalized spacial score (nSPS) is 18.5. The Balaban J connectivity index is 1.38. The Bertz CT molecular complexity index is 1210. The van der Waals surface area contributed by atoms with Crippen molar-refractivity contribution in [3.05, 3.63) is 77.6 Å². The number of ether oxygens (including phenoxy) is 1. The van der Waals surface area contributed by atoms with E-state index in [1.165, 1.54) is 37.7 Å². The minimum absolute atomic E-state index is 0.0795. The molecule has 200 valence electrons. The number of nitrogens with one attached hydrogen (secondary N) is 1. The van der Waals surface area contributed by atoms with Crippen molar-refractivity contribution in [2.24, 2.45) is 5.41 Å². The van der Waals surface area contributed by atoms with Gasteiger partial charge in [-0.25, -0.2) is 4.98 Å². The molecule has 1 aromatic heterocycles. The number of unbranched alkanes of at least 4 members (excludes halogenated alkanes) is 5. The second kappa shape index (κ2) is 13.4. The highest BCUT2D eigenvalue weighted by atomic mass is 16.5. The Morgan fingerprint density at radius 1 is 1.08 bits per heavy atom. The summed E-state index contributed by atoms with van der Waals surface area (Å²) in [4.78, 5) is 30.6. The fraction of sp³-hybridized carbons (Fsp3) is 0.424. The topological polar surface area (TPSA) is 68.3 Å². The van der Waals surface area contributed by atoms with Crippen LogP contribution < -0.4 is 5.32 Å². The molecule has 5 heteroatoms. The summed E-state index contributed by atoms with van der Waals surface area (Å²) in [6.45, 7) is 4.88. The van der Waals surface area contributed by atoms with Crippen LogP contribution in [0.1, 0.15) is 83.6 Å². The van der Waals surface area contributed by atoms with Crippen LogP contribution in [0.2, 0.25) is 0 Å². The zero-order chi connectivity index (χ0) is 26.8. The second-order valence-corrected chi connectivity index (χ2v) is 10.6. The third kappa shape index (κ3) is 7.53. The van der Waals surface area contributed by atoms with Crippen LogP contribution in [0.4, 0.5) is 5.82 Å². The van der Waals surface area contributed by atoms with E-state index >= 15 is 0 Å². The molecule has 0 fully saturated rings. The van der Waals surface area contributed by atoms with Gasteiger partial charge in [-0.15, -0.1) is 0 Å². The quantitative estimate of drug-likeness (QED) is 0.276. The Morgan fingerprint density at radius 3 is 2.71 bits per heavy atom. The molecule has 5 nitrogen and oxygen atoms in total. The first-order valence-corrected chi connectivity index (χ1v) is 14.1. The Kier molecular flexibility index (Phi) is 9.69. The number of carbonyl (C=O) groups is 2. The van der Waals surface area contributed by atoms with Crippen molar-refractivity contribution in [1.82, 2.24) is 4.98 Å². The van der Waals surface area contributed by atoms with E-state index in [1.54, 1.807) is 0 Å². The van der Waals surface area contributed by atoms with Crippen LogP contribution in [0.3, 0.4) is 0 Å². The molecule has 0 radical (unpaired) electrons. The second-order valence-electron chi connectivity index (χ2n) is 10.6. The number of hydrogen-bond acceptors (Lipinski definition) is 4. The lowest BCUT2D eigenvalue weighted by Gasteiger charge is -2.27. The third-order valence-electron chi connectivity index (χ3n) is 7.38. The van der Waals surface area contributed by atoms with Crippen molar-refractivity contribution in [3.63, 3.8) is 0 Å². The fourth-order valence-corrected chi connectivity index (χ4v) is 5.08. The smallest absolute Gasteiger partial charge is 0.225 e. The Morgan fingerprint density at radius 2 is 1.89 bits per heavy atom. The minimum Gasteiger partial charge on any atom is -0.493 e. The van der Waals surface area contributed by atoms with Crippen LogP contribution >= 0.6 is 0 Å². The number of anilines is 1. The van der Waals surface area contributed by atoms with E-state index in [9.17, 15) is 9.59 Å². The number of hydrogen-bond donors (Lipinski definition) is 1. The standard InChI is InChI=1S/C33H40N2O3/c1-3-4-5-6-7-8-10-13-25-22-28(26-14-11-9-12-15-26)34-31(23-25)35-32(37)17-16-30(36)33(2)20-18-29-27(24-33)19-21-38-29/h9-15,18,20,22-23H,3-8,16-17,19,21,24H2,1-2H3,(H,34,35,37)/b13-10+. The van der Waals surface area contributed by atoms with Crippen LogP contribution in [0.5, 0.6) is 0 Å². The maximum atomic E-state index is 13.1. The first-order chi connectivity index (χ1) is 18.5. The van der Waals surface area contributed by atoms with E-state index in [-0.39, 0.29) is 24.5 Å². The number of benzene rings is 1. The van der Waals surface area contributed by atoms with E-state index in [0.717, 1.165) is 35.4 Å². The summed E-state index contributed by atoms with van der Waals surface area (Å²) >= 11 is 0. The predicted octanol–water partition coefficient (Wildman–Crippen LogP) is 8.05. The highest BCUT2D eigenvalue weighted by molar-refractivity contribution is 5.95. The third-order valence-corrected chi connectivity index (χ3v) is 7.38. The number of pyridine rings is 1. The van der Waals surface area contributed by atoms with Gasteiger partial charge in [-0.05, 0) is 55.5 Å². The predicted molar refractivity (Wildman–Crippen MR) is 154 cm³/mol. The van der Waals surface area contributed by atoms with Gasteiger partial charge in [0.2, 0.25) is 5.91 Å². The zero-order valence-corrected chi connectivity index (χ0v) is 22.8. The molecule has 4 rings (SSSR count). The molecule has 1 amide bonds. The number of rotatable bonds is 13. The van der Waals surface area contributed by atoms with Gasteiger partial charge in [0, 0.05) is 30.2 Å². The summed E-state index contributed by atoms with van der Waals surface area (Å²) in [7, 11) is 0. The van der Waals surface area contributed by atoms with Gasteiger partial charge < -0.3 is 10.1 Å². The maximum Gasteiger partial charge on any atom is 0.225 e. The SMILES string of the molecule is CCCCCCC/C=C/c1cc(NC(=O)CCC(=O)C2(C)C=CC3=C(CCO3)C2)nc(-c2ccccc2)c1. The van der Waals surface area contributed by atoms with Gasteiger partial charge in [0.1, 0.15) is 17.4 Å². The highest BCUT2D eigenvalue weighted by Crippen LogP contribution is 2.40. The van der Waals surface area contributed by atoms with Gasteiger partial charge in [-0.1, -0.05) is 81.2 Å². The van der Waals surface area contributed by atoms with E-state index in [1.807, 2.05) is 61.5 Å². The molecule has 1 unspecified atom stereocenters. The van der Waals surface area contributed by atoms with Crippen LogP contribution in [-0.4, -0.2) is 23.3 Å². The molecule has 0 saturated carbocycles. The maximum absolute atomic E-state index is 13.1. The van der Waals surface area contributed by atoms with Crippen LogP contribution in [-0.2, 0) is 14.3 Å². The average Bonchev–Trinajstić information content (AvgIpc) is 3.39. The number of aromatic nitrogens is 1. The van der Waals surface area contributed by atoms with Crippen LogP contribution in [0.25, 0.3) is 17.3 Å². The molecule has 2 aliphatic rings. The summed E-state index contributed by atoms with van der Waals surface area (Å²) in [5, 5.41) is 2.94. The van der Waals surface area contributed by atoms with E-state index in [2.05, 4.69) is 24.4 Å². The summed E-state index contributed by atoms with van der Waals surface area (Å²) < 4.78 is 5.60. The summed E-state index contributed by atoms with van der Waals surface area (Å²) in [6.07, 6.45) is 17.4. The molecule has 0 saturated heterocycles. The Hall–Kier alpha value is -3.47. The average molecular weight is 513 g/mol. The van der Waals surface area contributed by atoms with Crippen molar-refractivity contribution < 1.29 is 14.3 Å². The molecule has 1 atom stereocenters. The molecule has 0 spiro atoms. The van der Waals surface area contributed by atoms with Gasteiger partial charge in [-0.2, -0.15) is 0 Å². The molecule has 38 heavy (non-hydrogen) atoms. The molecule has 2 aromatic rings. The van der Waals surface area contributed by atoms with Gasteiger partial charge in [-0.3, -0.25) is 9.59 Å². The van der Waals surface area contributed by atoms with Gasteiger partial charge in [0.25, 0.3) is 0 Å². The monoisotopic (exact) mass is 512 g/mol. The lowest BCUT2D eigenvalue weighted by Crippen LogP contribution is -2.29. The van der Waals surface area contributed by atoms with E-state index < -0.39 is 5.41 Å². The minimum atomic E-state index is -0.577. The summed E-state index contributed by atoms with van der Waals surface area (Å²) in [6, 6.07) is 13.9. The van der Waals surface area contributed by atoms with Crippen molar-refractivity contribution in [2.75, 3.05) is 11.9 Å². The molecule has 1 N–H and O–H groups in total. The van der Waals surface area contributed by atoms with Crippen molar-refractivity contribution in [1.29, 1.82) is 0 Å². The van der Waals surface area contributed by atoms with Crippen molar-refractivity contribution in [3.8, 4) is 11.3 Å². The number of allylic oxidation sites excluding steroid dienone is 3. The van der Waals surface area contributed by atoms with Gasteiger partial charge >= 0.3 is 0 Å². The summed E-state index contributed by atoms with van der Waals surface area (Å²) in [5.41, 5.74) is 3.43. The van der Waals surface area contributed by atoms with Gasteiger partial charge in [0.05, 0.1) is 12.3 Å². The molecule has 1 aliphatic heterocycles. The summed E-state index contributed by atoms with van der Waals surface area (Å²) in [5.74, 6) is 1.30. The Labute approximate surface area is 227 Å². The number of nitrogens with zero attached hydrogens (tertiary/aromatic N) is 1. The van der Waals surface area contributed by atoms with Crippen LogP contribution in [0, 0.1) is 5.41 Å². The molecule has 2 heterocycles. The first-order valence-electron chi connectivity index (χ1n) is 14.1. The van der Waals surface area contributed by atoms with Crippen molar-refractivity contribution in [2.45, 2.75) is 78.1 Å². The van der Waals surface area contributed by atoms with Crippen molar-refractivity contribution >= 4 is 23.6 Å². The lowest BCUT2D eigenvalue weighted by atomic mass is 9.75. The number of ketones is 1. The molecule has 0 bridgehead atoms.